The smallest absolute Gasteiger partial charge is 0.250 e. The molecule has 0 aromatic carbocycles. The molecule has 0 amide bonds. The van der Waals surface area contributed by atoms with Crippen LogP contribution in [0.1, 0.15) is 19.4 Å². The summed E-state index contributed by atoms with van der Waals surface area (Å²) in [5, 5.41) is 3.43. The van der Waals surface area contributed by atoms with Gasteiger partial charge in [-0.1, -0.05) is 19.9 Å². The van der Waals surface area contributed by atoms with Crippen LogP contribution < -0.4 is 10.9 Å². The van der Waals surface area contributed by atoms with Gasteiger partial charge in [-0.3, -0.25) is 4.79 Å². The molecule has 2 aromatic rings. The number of hydrogen-bond donors (Lipinski definition) is 1. The van der Waals surface area contributed by atoms with E-state index in [1.54, 1.807) is 16.7 Å². The van der Waals surface area contributed by atoms with Crippen LogP contribution in [0.4, 0.5) is 0 Å². The fourth-order valence-corrected chi connectivity index (χ4v) is 2.11. The van der Waals surface area contributed by atoms with Crippen molar-refractivity contribution in [1.82, 2.24) is 14.5 Å². The van der Waals surface area contributed by atoms with E-state index in [2.05, 4.69) is 42.2 Å². The fraction of sp³-hybridized carbons (Fsp3) is 0.438. The molecule has 2 aromatic heterocycles. The summed E-state index contributed by atoms with van der Waals surface area (Å²) < 4.78 is 3.86. The van der Waals surface area contributed by atoms with Crippen molar-refractivity contribution in [3.8, 4) is 0 Å². The Morgan fingerprint density at radius 2 is 2.00 bits per heavy atom. The monoisotopic (exact) mass is 273 g/mol. The minimum Gasteiger partial charge on any atom is -0.352 e. The van der Waals surface area contributed by atoms with Crippen LogP contribution in [0.15, 0.2) is 47.7 Å². The van der Waals surface area contributed by atoms with E-state index in [1.165, 1.54) is 5.56 Å². The van der Waals surface area contributed by atoms with E-state index in [9.17, 15) is 4.79 Å². The molecule has 0 saturated heterocycles. The molecule has 1 N–H and O–H groups in total. The molecule has 0 radical (unpaired) electrons. The first kappa shape index (κ1) is 14.6. The van der Waals surface area contributed by atoms with Crippen molar-refractivity contribution in [2.75, 3.05) is 6.54 Å². The topological polar surface area (TPSA) is 39.0 Å². The lowest BCUT2D eigenvalue weighted by Gasteiger charge is -2.07. The van der Waals surface area contributed by atoms with Crippen LogP contribution in [0.5, 0.6) is 0 Å². The Labute approximate surface area is 120 Å². The highest BCUT2D eigenvalue weighted by Gasteiger charge is 1.99. The second kappa shape index (κ2) is 7.10. The Morgan fingerprint density at radius 3 is 2.75 bits per heavy atom. The number of pyridine rings is 1. The Morgan fingerprint density at radius 1 is 1.15 bits per heavy atom. The van der Waals surface area contributed by atoms with E-state index in [-0.39, 0.29) is 5.56 Å². The number of rotatable bonds is 7. The van der Waals surface area contributed by atoms with Gasteiger partial charge in [-0.15, -0.1) is 0 Å². The zero-order chi connectivity index (χ0) is 14.4. The molecule has 2 rings (SSSR count). The molecular formula is C16H23N3O. The minimum absolute atomic E-state index is 0.0541. The summed E-state index contributed by atoms with van der Waals surface area (Å²) in [6, 6.07) is 7.38. The lowest BCUT2D eigenvalue weighted by molar-refractivity contribution is 0.548. The number of nitrogens with zero attached hydrogens (tertiary/aromatic N) is 2. The second-order valence-electron chi connectivity index (χ2n) is 5.51. The van der Waals surface area contributed by atoms with Gasteiger partial charge in [-0.05, 0) is 30.2 Å². The molecule has 0 spiro atoms. The van der Waals surface area contributed by atoms with E-state index < -0.39 is 0 Å². The maximum Gasteiger partial charge on any atom is 0.250 e. The van der Waals surface area contributed by atoms with Crippen molar-refractivity contribution >= 4 is 0 Å². The van der Waals surface area contributed by atoms with E-state index in [4.69, 9.17) is 0 Å². The number of aromatic nitrogens is 2. The van der Waals surface area contributed by atoms with Crippen molar-refractivity contribution in [3.05, 3.63) is 58.8 Å². The van der Waals surface area contributed by atoms with Gasteiger partial charge < -0.3 is 14.5 Å². The normalized spacial score (nSPS) is 11.2. The number of nitrogens with one attached hydrogen (secondary N) is 1. The zero-order valence-corrected chi connectivity index (χ0v) is 12.2. The molecule has 0 aliphatic heterocycles. The fourth-order valence-electron chi connectivity index (χ4n) is 2.11. The van der Waals surface area contributed by atoms with Crippen molar-refractivity contribution in [1.29, 1.82) is 0 Å². The summed E-state index contributed by atoms with van der Waals surface area (Å²) in [6.07, 6.45) is 6.04. The second-order valence-corrected chi connectivity index (χ2v) is 5.51. The first-order chi connectivity index (χ1) is 9.65. The number of aryl methyl sites for hydroxylation is 2. The standard InChI is InChI=1S/C16H23N3O/c1-14(2)11-17-12-15-6-8-18(13-15)9-10-19-7-4-3-5-16(19)20/h3-8,13-14,17H,9-12H2,1-2H3. The average Bonchev–Trinajstić information content (AvgIpc) is 2.85. The largest absolute Gasteiger partial charge is 0.352 e. The first-order valence-corrected chi connectivity index (χ1v) is 7.16. The predicted octanol–water partition coefficient (Wildman–Crippen LogP) is 2.10. The molecule has 4 heteroatoms. The van der Waals surface area contributed by atoms with Crippen molar-refractivity contribution in [2.45, 2.75) is 33.5 Å². The van der Waals surface area contributed by atoms with Gasteiger partial charge in [0, 0.05) is 44.3 Å². The third-order valence-corrected chi connectivity index (χ3v) is 3.19. The molecule has 2 heterocycles. The summed E-state index contributed by atoms with van der Waals surface area (Å²) in [6.45, 7) is 7.86. The van der Waals surface area contributed by atoms with Crippen LogP contribution in [0.25, 0.3) is 0 Å². The lowest BCUT2D eigenvalue weighted by atomic mass is 10.2. The maximum absolute atomic E-state index is 11.6. The van der Waals surface area contributed by atoms with Crippen LogP contribution in [0, 0.1) is 5.92 Å². The highest BCUT2D eigenvalue weighted by molar-refractivity contribution is 5.09. The van der Waals surface area contributed by atoms with Gasteiger partial charge in [0.05, 0.1) is 0 Å². The van der Waals surface area contributed by atoms with E-state index in [0.717, 1.165) is 19.6 Å². The highest BCUT2D eigenvalue weighted by atomic mass is 16.1. The van der Waals surface area contributed by atoms with Crippen LogP contribution in [-0.4, -0.2) is 15.7 Å². The molecule has 0 atom stereocenters. The Balaban J connectivity index is 1.84. The Bertz CT molecular complexity index is 583. The van der Waals surface area contributed by atoms with Gasteiger partial charge in [-0.2, -0.15) is 0 Å². The summed E-state index contributed by atoms with van der Waals surface area (Å²) in [4.78, 5) is 11.6. The third-order valence-electron chi connectivity index (χ3n) is 3.19. The van der Waals surface area contributed by atoms with E-state index in [1.807, 2.05) is 12.3 Å². The highest BCUT2D eigenvalue weighted by Crippen LogP contribution is 2.02. The maximum atomic E-state index is 11.6. The Hall–Kier alpha value is -1.81. The van der Waals surface area contributed by atoms with Gasteiger partial charge in [-0.25, -0.2) is 0 Å². The lowest BCUT2D eigenvalue weighted by Crippen LogP contribution is -2.20. The van der Waals surface area contributed by atoms with Gasteiger partial charge in [0.2, 0.25) is 0 Å². The quantitative estimate of drug-likeness (QED) is 0.839. The molecule has 108 valence electrons. The van der Waals surface area contributed by atoms with Gasteiger partial charge in [0.15, 0.2) is 0 Å². The molecule has 0 saturated carbocycles. The molecule has 0 bridgehead atoms. The van der Waals surface area contributed by atoms with Gasteiger partial charge >= 0.3 is 0 Å². The molecule has 0 unspecified atom stereocenters. The summed E-state index contributed by atoms with van der Waals surface area (Å²) in [7, 11) is 0. The Kier molecular flexibility index (Phi) is 5.18. The van der Waals surface area contributed by atoms with E-state index >= 15 is 0 Å². The number of hydrogen-bond acceptors (Lipinski definition) is 2. The summed E-state index contributed by atoms with van der Waals surface area (Å²) in [5.41, 5.74) is 1.34. The summed E-state index contributed by atoms with van der Waals surface area (Å²) in [5.74, 6) is 0.669. The minimum atomic E-state index is 0.0541. The summed E-state index contributed by atoms with van der Waals surface area (Å²) >= 11 is 0. The average molecular weight is 273 g/mol. The molecule has 0 aliphatic carbocycles. The first-order valence-electron chi connectivity index (χ1n) is 7.16. The van der Waals surface area contributed by atoms with Crippen molar-refractivity contribution < 1.29 is 0 Å². The van der Waals surface area contributed by atoms with Crippen LogP contribution in [0.3, 0.4) is 0 Å². The molecular weight excluding hydrogens is 250 g/mol. The van der Waals surface area contributed by atoms with Crippen LogP contribution >= 0.6 is 0 Å². The predicted molar refractivity (Wildman–Crippen MR) is 81.7 cm³/mol. The van der Waals surface area contributed by atoms with Crippen LogP contribution in [-0.2, 0) is 19.6 Å². The molecule has 20 heavy (non-hydrogen) atoms. The van der Waals surface area contributed by atoms with Crippen LogP contribution in [0.2, 0.25) is 0 Å². The van der Waals surface area contributed by atoms with Crippen molar-refractivity contribution in [2.24, 2.45) is 5.92 Å². The SMILES string of the molecule is CC(C)CNCc1ccn(CCn2ccccc2=O)c1. The third kappa shape index (κ3) is 4.38. The van der Waals surface area contributed by atoms with E-state index in [0.29, 0.717) is 12.5 Å². The molecule has 0 aliphatic rings. The molecule has 0 fully saturated rings. The van der Waals surface area contributed by atoms with Gasteiger partial charge in [0.1, 0.15) is 0 Å². The van der Waals surface area contributed by atoms with Crippen molar-refractivity contribution in [3.63, 3.8) is 0 Å². The zero-order valence-electron chi connectivity index (χ0n) is 12.2. The molecule has 4 nitrogen and oxygen atoms in total. The van der Waals surface area contributed by atoms with Gasteiger partial charge in [0.25, 0.3) is 5.56 Å².